The number of aliphatic imine (C=N–C) groups is 1. The minimum absolute atomic E-state index is 0.236. The number of likely N-dealkylation sites (tertiary alicyclic amines) is 1. The van der Waals surface area contributed by atoms with Gasteiger partial charge in [0.05, 0.1) is 12.0 Å². The largest absolute Gasteiger partial charge is 0.383 e. The lowest BCUT2D eigenvalue weighted by atomic mass is 9.84. The van der Waals surface area contributed by atoms with Crippen LogP contribution in [-0.2, 0) is 9.53 Å². The van der Waals surface area contributed by atoms with Crippen LogP contribution in [0.2, 0.25) is 0 Å². The van der Waals surface area contributed by atoms with Crippen molar-refractivity contribution in [3.8, 4) is 0 Å². The van der Waals surface area contributed by atoms with E-state index in [0.29, 0.717) is 12.6 Å². The summed E-state index contributed by atoms with van der Waals surface area (Å²) in [6.07, 6.45) is 6.62. The van der Waals surface area contributed by atoms with Gasteiger partial charge in [-0.05, 0) is 32.2 Å². The van der Waals surface area contributed by atoms with Crippen LogP contribution in [0.25, 0.3) is 0 Å². The first kappa shape index (κ1) is 21.0. The number of hydrogen-bond acceptors (Lipinski definition) is 4. The lowest BCUT2D eigenvalue weighted by Crippen LogP contribution is -2.51. The molecule has 7 heteroatoms. The summed E-state index contributed by atoms with van der Waals surface area (Å²) in [5.41, 5.74) is -0.279. The average Bonchev–Trinajstić information content (AvgIpc) is 3.29. The molecule has 1 heterocycles. The molecule has 0 spiro atoms. The van der Waals surface area contributed by atoms with Gasteiger partial charge in [0.1, 0.15) is 0 Å². The Kier molecular flexibility index (Phi) is 8.15. The van der Waals surface area contributed by atoms with Gasteiger partial charge in [0, 0.05) is 53.9 Å². The maximum absolute atomic E-state index is 12.7. The van der Waals surface area contributed by atoms with Gasteiger partial charge in [-0.15, -0.1) is 0 Å². The minimum Gasteiger partial charge on any atom is -0.383 e. The zero-order valence-corrected chi connectivity index (χ0v) is 17.0. The van der Waals surface area contributed by atoms with Crippen molar-refractivity contribution in [3.05, 3.63) is 0 Å². The molecular formula is C19H37N5O2. The van der Waals surface area contributed by atoms with Crippen LogP contribution in [0.4, 0.5) is 0 Å². The van der Waals surface area contributed by atoms with Gasteiger partial charge in [-0.25, -0.2) is 0 Å². The molecule has 2 rings (SSSR count). The molecule has 1 unspecified atom stereocenters. The second-order valence-electron chi connectivity index (χ2n) is 7.82. The van der Waals surface area contributed by atoms with Crippen molar-refractivity contribution < 1.29 is 9.53 Å². The number of guanidine groups is 1. The number of hydrogen-bond donors (Lipinski definition) is 2. The molecule has 0 aromatic carbocycles. The zero-order valence-electron chi connectivity index (χ0n) is 17.0. The first-order chi connectivity index (χ1) is 12.5. The second kappa shape index (κ2) is 10.1. The summed E-state index contributed by atoms with van der Waals surface area (Å²) in [5.74, 6) is 1.03. The normalized spacial score (nSPS) is 23.2. The summed E-state index contributed by atoms with van der Waals surface area (Å²) < 4.78 is 5.21. The first-order valence-corrected chi connectivity index (χ1v) is 9.91. The molecular weight excluding hydrogens is 330 g/mol. The van der Waals surface area contributed by atoms with E-state index < -0.39 is 0 Å². The predicted octanol–water partition coefficient (Wildman–Crippen LogP) is 0.911. The third-order valence-corrected chi connectivity index (χ3v) is 5.83. The number of carbonyl (C=O) groups excluding carboxylic acids is 1. The Labute approximate surface area is 158 Å². The maximum atomic E-state index is 12.7. The van der Waals surface area contributed by atoms with Crippen molar-refractivity contribution in [2.75, 3.05) is 61.0 Å². The Hall–Kier alpha value is -1.34. The van der Waals surface area contributed by atoms with Crippen molar-refractivity contribution >= 4 is 11.9 Å². The highest BCUT2D eigenvalue weighted by Crippen LogP contribution is 2.38. The molecule has 26 heavy (non-hydrogen) atoms. The number of nitrogens with one attached hydrogen (secondary N) is 2. The Morgan fingerprint density at radius 2 is 2.00 bits per heavy atom. The van der Waals surface area contributed by atoms with Gasteiger partial charge in [-0.2, -0.15) is 0 Å². The lowest BCUT2D eigenvalue weighted by Gasteiger charge is -2.32. The molecule has 2 N–H and O–H groups in total. The van der Waals surface area contributed by atoms with Gasteiger partial charge in [0.2, 0.25) is 5.91 Å². The fourth-order valence-electron chi connectivity index (χ4n) is 4.31. The number of amides is 1. The molecule has 1 aliphatic heterocycles. The van der Waals surface area contributed by atoms with E-state index in [2.05, 4.69) is 20.5 Å². The second-order valence-corrected chi connectivity index (χ2v) is 7.82. The number of methoxy groups -OCH3 is 1. The molecule has 1 atom stereocenters. The molecule has 1 saturated carbocycles. The van der Waals surface area contributed by atoms with E-state index in [1.54, 1.807) is 19.1 Å². The van der Waals surface area contributed by atoms with Crippen molar-refractivity contribution in [1.29, 1.82) is 0 Å². The monoisotopic (exact) mass is 367 g/mol. The lowest BCUT2D eigenvalue weighted by molar-refractivity contribution is -0.138. The van der Waals surface area contributed by atoms with Crippen molar-refractivity contribution in [1.82, 2.24) is 20.4 Å². The maximum Gasteiger partial charge on any atom is 0.230 e. The third-order valence-electron chi connectivity index (χ3n) is 5.83. The smallest absolute Gasteiger partial charge is 0.230 e. The summed E-state index contributed by atoms with van der Waals surface area (Å²) in [7, 11) is 7.25. The van der Waals surface area contributed by atoms with E-state index in [1.165, 1.54) is 12.8 Å². The summed E-state index contributed by atoms with van der Waals surface area (Å²) in [6.45, 7) is 4.43. The SMILES string of the molecule is CN=C(NCC1CCCN1CCOC)NCC1(C(=O)N(C)C)CCCC1. The van der Waals surface area contributed by atoms with Crippen molar-refractivity contribution in [3.63, 3.8) is 0 Å². The highest BCUT2D eigenvalue weighted by Gasteiger charge is 2.42. The summed E-state index contributed by atoms with van der Waals surface area (Å²) in [6, 6.07) is 0.521. The van der Waals surface area contributed by atoms with Crippen molar-refractivity contribution in [2.45, 2.75) is 44.6 Å². The van der Waals surface area contributed by atoms with E-state index in [-0.39, 0.29) is 11.3 Å². The van der Waals surface area contributed by atoms with Crippen LogP contribution in [0, 0.1) is 5.41 Å². The zero-order chi connectivity index (χ0) is 19.0. The van der Waals surface area contributed by atoms with Crippen molar-refractivity contribution in [2.24, 2.45) is 10.4 Å². The van der Waals surface area contributed by atoms with Crippen LogP contribution >= 0.6 is 0 Å². The molecule has 7 nitrogen and oxygen atoms in total. The molecule has 1 aliphatic carbocycles. The van der Waals surface area contributed by atoms with E-state index in [9.17, 15) is 4.79 Å². The van der Waals surface area contributed by atoms with E-state index in [0.717, 1.165) is 57.9 Å². The fourth-order valence-corrected chi connectivity index (χ4v) is 4.31. The topological polar surface area (TPSA) is 69.2 Å². The molecule has 0 bridgehead atoms. The van der Waals surface area contributed by atoms with Gasteiger partial charge in [-0.3, -0.25) is 14.7 Å². The van der Waals surface area contributed by atoms with Gasteiger partial charge >= 0.3 is 0 Å². The van der Waals surface area contributed by atoms with Gasteiger partial charge in [0.15, 0.2) is 5.96 Å². The highest BCUT2D eigenvalue weighted by molar-refractivity contribution is 5.85. The molecule has 1 saturated heterocycles. The van der Waals surface area contributed by atoms with Crippen LogP contribution in [-0.4, -0.2) is 88.7 Å². The highest BCUT2D eigenvalue weighted by atomic mass is 16.5. The summed E-state index contributed by atoms with van der Waals surface area (Å²) in [5, 5.41) is 6.88. The Bertz CT molecular complexity index is 475. The van der Waals surface area contributed by atoms with Crippen LogP contribution in [0.3, 0.4) is 0 Å². The van der Waals surface area contributed by atoms with E-state index in [4.69, 9.17) is 4.74 Å². The summed E-state index contributed by atoms with van der Waals surface area (Å²) in [4.78, 5) is 21.3. The van der Waals surface area contributed by atoms with Crippen LogP contribution in [0.5, 0.6) is 0 Å². The van der Waals surface area contributed by atoms with Crippen LogP contribution in [0.15, 0.2) is 4.99 Å². The average molecular weight is 368 g/mol. The van der Waals surface area contributed by atoms with E-state index >= 15 is 0 Å². The Morgan fingerprint density at radius 3 is 2.62 bits per heavy atom. The number of rotatable bonds is 8. The number of ether oxygens (including phenoxy) is 1. The fraction of sp³-hybridized carbons (Fsp3) is 0.895. The minimum atomic E-state index is -0.279. The standard InChI is InChI=1S/C19H37N5O2/c1-20-18(21-14-16-8-7-11-24(16)12-13-26-4)22-15-19(9-5-6-10-19)17(25)23(2)3/h16H,5-15H2,1-4H3,(H2,20,21,22). The number of nitrogens with zero attached hydrogens (tertiary/aromatic N) is 3. The van der Waals surface area contributed by atoms with Gasteiger partial charge in [-0.1, -0.05) is 12.8 Å². The van der Waals surface area contributed by atoms with Gasteiger partial charge in [0.25, 0.3) is 0 Å². The molecule has 1 amide bonds. The molecule has 0 radical (unpaired) electrons. The predicted molar refractivity (Wildman–Crippen MR) is 105 cm³/mol. The van der Waals surface area contributed by atoms with Gasteiger partial charge < -0.3 is 20.3 Å². The molecule has 0 aromatic rings. The number of carbonyl (C=O) groups is 1. The Balaban J connectivity index is 1.84. The molecule has 2 fully saturated rings. The molecule has 0 aromatic heterocycles. The first-order valence-electron chi connectivity index (χ1n) is 9.91. The third kappa shape index (κ3) is 5.33. The van der Waals surface area contributed by atoms with Crippen LogP contribution in [0.1, 0.15) is 38.5 Å². The Morgan fingerprint density at radius 1 is 1.27 bits per heavy atom. The van der Waals surface area contributed by atoms with E-state index in [1.807, 2.05) is 14.1 Å². The molecule has 2 aliphatic rings. The summed E-state index contributed by atoms with van der Waals surface area (Å²) >= 11 is 0. The quantitative estimate of drug-likeness (QED) is 0.493. The van der Waals surface area contributed by atoms with Crippen LogP contribution < -0.4 is 10.6 Å². The molecule has 150 valence electrons.